The first-order valence-electron chi connectivity index (χ1n) is 15.4. The molecular weight excluding hydrogens is 452 g/mol. The first kappa shape index (κ1) is 26.7. The fraction of sp³-hybridized carbons (Fsp3) is 0.676. The van der Waals surface area contributed by atoms with E-state index in [9.17, 15) is 10.5 Å². The molecule has 0 radical (unpaired) electrons. The van der Waals surface area contributed by atoms with Gasteiger partial charge < -0.3 is 10.0 Å². The topological polar surface area (TPSA) is 47.3 Å². The standard InChI is InChI=1S/C34H50N2O/c1-33(2)31(35)36(25-28-18-20-30(21-19-28)29-16-10-5-11-17-29)32(37)34(33,24-27-14-8-4-9-15-27)23-22-26-12-6-3-7-13-26/h5,10-11,16-21,26-28,30,32,35,37H,3-4,6-9,12-15,22-25H2,1-2H3. The van der Waals surface area contributed by atoms with Crippen LogP contribution in [0.3, 0.4) is 0 Å². The Morgan fingerprint density at radius 1 is 0.838 bits per heavy atom. The molecule has 3 fully saturated rings. The Morgan fingerprint density at radius 3 is 2.05 bits per heavy atom. The van der Waals surface area contributed by atoms with Crippen LogP contribution in [0, 0.1) is 34.0 Å². The van der Waals surface area contributed by atoms with Gasteiger partial charge in [-0.25, -0.2) is 0 Å². The Bertz CT molecular complexity index is 939. The number of hydrogen-bond acceptors (Lipinski definition) is 2. The summed E-state index contributed by atoms with van der Waals surface area (Å²) in [5.74, 6) is 2.71. The monoisotopic (exact) mass is 502 g/mol. The van der Waals surface area contributed by atoms with Crippen LogP contribution in [0.25, 0.3) is 0 Å². The molecule has 3 aliphatic carbocycles. The van der Waals surface area contributed by atoms with Gasteiger partial charge in [-0.1, -0.05) is 133 Å². The second-order valence-electron chi connectivity index (χ2n) is 13.3. The number of nitrogens with zero attached hydrogens (tertiary/aromatic N) is 1. The number of aliphatic hydroxyl groups excluding tert-OH is 1. The molecule has 0 spiro atoms. The minimum absolute atomic E-state index is 0.224. The molecule has 1 saturated heterocycles. The summed E-state index contributed by atoms with van der Waals surface area (Å²) in [6.07, 6.45) is 25.5. The number of amidine groups is 1. The van der Waals surface area contributed by atoms with Gasteiger partial charge in [-0.3, -0.25) is 5.41 Å². The molecule has 2 saturated carbocycles. The smallest absolute Gasteiger partial charge is 0.134 e. The summed E-state index contributed by atoms with van der Waals surface area (Å²) in [5.41, 5.74) is 0.781. The summed E-state index contributed by atoms with van der Waals surface area (Å²) in [6.45, 7) is 5.26. The van der Waals surface area contributed by atoms with E-state index in [0.29, 0.717) is 24.2 Å². The minimum Gasteiger partial charge on any atom is -0.373 e. The predicted molar refractivity (Wildman–Crippen MR) is 155 cm³/mol. The lowest BCUT2D eigenvalue weighted by atomic mass is 9.58. The Hall–Kier alpha value is -1.87. The van der Waals surface area contributed by atoms with Gasteiger partial charge in [0, 0.05) is 29.2 Å². The molecule has 0 bridgehead atoms. The van der Waals surface area contributed by atoms with Gasteiger partial charge >= 0.3 is 0 Å². The van der Waals surface area contributed by atoms with Gasteiger partial charge in [-0.2, -0.15) is 0 Å². The lowest BCUT2D eigenvalue weighted by Gasteiger charge is -2.45. The maximum absolute atomic E-state index is 12.2. The number of nitrogens with one attached hydrogen (secondary N) is 1. The minimum atomic E-state index is -0.561. The number of aliphatic hydroxyl groups is 1. The lowest BCUT2D eigenvalue weighted by molar-refractivity contribution is -0.0861. The zero-order chi connectivity index (χ0) is 25.9. The number of benzene rings is 1. The summed E-state index contributed by atoms with van der Waals surface area (Å²) in [7, 11) is 0. The summed E-state index contributed by atoms with van der Waals surface area (Å²) >= 11 is 0. The molecule has 0 amide bonds. The normalized spacial score (nSPS) is 32.8. The van der Waals surface area contributed by atoms with E-state index in [1.165, 1.54) is 76.2 Å². The molecule has 1 aliphatic heterocycles. The van der Waals surface area contributed by atoms with Crippen molar-refractivity contribution in [2.45, 2.75) is 109 Å². The molecule has 2 N–H and O–H groups in total. The van der Waals surface area contributed by atoms with Crippen LogP contribution >= 0.6 is 0 Å². The Labute approximate surface area is 225 Å². The number of allylic oxidation sites excluding steroid dienone is 2. The zero-order valence-electron chi connectivity index (χ0n) is 23.4. The van der Waals surface area contributed by atoms with Crippen molar-refractivity contribution in [1.29, 1.82) is 5.41 Å². The molecule has 1 heterocycles. The first-order chi connectivity index (χ1) is 17.9. The van der Waals surface area contributed by atoms with E-state index < -0.39 is 6.23 Å². The largest absolute Gasteiger partial charge is 0.373 e. The summed E-state index contributed by atoms with van der Waals surface area (Å²) < 4.78 is 0. The van der Waals surface area contributed by atoms with Crippen molar-refractivity contribution in [2.24, 2.45) is 28.6 Å². The fourth-order valence-electron chi connectivity index (χ4n) is 8.18. The quantitative estimate of drug-likeness (QED) is 0.350. The second kappa shape index (κ2) is 11.5. The zero-order valence-corrected chi connectivity index (χ0v) is 23.4. The molecule has 3 heteroatoms. The van der Waals surface area contributed by atoms with Crippen LogP contribution in [-0.4, -0.2) is 28.6 Å². The third-order valence-corrected chi connectivity index (χ3v) is 10.7. The maximum atomic E-state index is 12.2. The predicted octanol–water partition coefficient (Wildman–Crippen LogP) is 8.47. The van der Waals surface area contributed by atoms with Crippen LogP contribution in [0.4, 0.5) is 0 Å². The van der Waals surface area contributed by atoms with Crippen molar-refractivity contribution in [3.8, 4) is 0 Å². The van der Waals surface area contributed by atoms with Gasteiger partial charge in [0.05, 0.1) is 0 Å². The number of rotatable bonds is 8. The SMILES string of the molecule is CC1(C)C(=N)N(CC2C=CC(c3ccccc3)C=C2)C(O)C1(CCC1CCCCC1)CC1CCCCC1. The molecule has 202 valence electrons. The van der Waals surface area contributed by atoms with Crippen LogP contribution in [0.1, 0.15) is 109 Å². The summed E-state index contributed by atoms with van der Waals surface area (Å²) in [5, 5.41) is 21.5. The molecule has 1 aromatic rings. The van der Waals surface area contributed by atoms with E-state index in [2.05, 4.69) is 73.4 Å². The molecule has 5 rings (SSSR count). The van der Waals surface area contributed by atoms with E-state index in [0.717, 1.165) is 18.8 Å². The van der Waals surface area contributed by atoms with Crippen molar-refractivity contribution in [1.82, 2.24) is 4.90 Å². The molecule has 4 aliphatic rings. The van der Waals surface area contributed by atoms with Crippen molar-refractivity contribution < 1.29 is 5.11 Å². The van der Waals surface area contributed by atoms with Crippen molar-refractivity contribution in [3.63, 3.8) is 0 Å². The molecule has 37 heavy (non-hydrogen) atoms. The van der Waals surface area contributed by atoms with Crippen LogP contribution in [-0.2, 0) is 0 Å². The fourth-order valence-corrected chi connectivity index (χ4v) is 8.18. The van der Waals surface area contributed by atoms with Crippen LogP contribution in [0.15, 0.2) is 54.6 Å². The van der Waals surface area contributed by atoms with E-state index in [1.807, 2.05) is 0 Å². The van der Waals surface area contributed by atoms with Gasteiger partial charge in [0.15, 0.2) is 0 Å². The Morgan fingerprint density at radius 2 is 1.43 bits per heavy atom. The maximum Gasteiger partial charge on any atom is 0.134 e. The Kier molecular flexibility index (Phi) is 8.29. The van der Waals surface area contributed by atoms with E-state index in [4.69, 9.17) is 0 Å². The molecule has 2 atom stereocenters. The third kappa shape index (κ3) is 5.49. The number of hydrogen-bond donors (Lipinski definition) is 2. The highest BCUT2D eigenvalue weighted by Crippen LogP contribution is 2.58. The van der Waals surface area contributed by atoms with Crippen molar-refractivity contribution in [3.05, 3.63) is 60.2 Å². The molecular formula is C34H50N2O. The van der Waals surface area contributed by atoms with Crippen molar-refractivity contribution in [2.75, 3.05) is 6.54 Å². The van der Waals surface area contributed by atoms with Crippen LogP contribution in [0.2, 0.25) is 0 Å². The molecule has 1 aromatic carbocycles. The van der Waals surface area contributed by atoms with E-state index >= 15 is 0 Å². The molecule has 0 aromatic heterocycles. The first-order valence-corrected chi connectivity index (χ1v) is 15.4. The van der Waals surface area contributed by atoms with Crippen molar-refractivity contribution >= 4 is 5.84 Å². The number of likely N-dealkylation sites (tertiary alicyclic amines) is 1. The average Bonchev–Trinajstić information content (AvgIpc) is 3.07. The molecule has 2 unspecified atom stereocenters. The molecule has 3 nitrogen and oxygen atoms in total. The van der Waals surface area contributed by atoms with Gasteiger partial charge in [0.2, 0.25) is 0 Å². The van der Waals surface area contributed by atoms with Gasteiger partial charge in [-0.05, 0) is 36.7 Å². The van der Waals surface area contributed by atoms with Crippen LogP contribution in [0.5, 0.6) is 0 Å². The van der Waals surface area contributed by atoms with E-state index in [1.54, 1.807) is 0 Å². The lowest BCUT2D eigenvalue weighted by Crippen LogP contribution is -2.46. The average molecular weight is 503 g/mol. The van der Waals surface area contributed by atoms with E-state index in [-0.39, 0.29) is 16.7 Å². The third-order valence-electron chi connectivity index (χ3n) is 10.7. The Balaban J connectivity index is 1.34. The highest BCUT2D eigenvalue weighted by atomic mass is 16.3. The highest BCUT2D eigenvalue weighted by molar-refractivity contribution is 5.88. The second-order valence-corrected chi connectivity index (χ2v) is 13.3. The van der Waals surface area contributed by atoms with Gasteiger partial charge in [0.25, 0.3) is 0 Å². The van der Waals surface area contributed by atoms with Gasteiger partial charge in [-0.15, -0.1) is 0 Å². The summed E-state index contributed by atoms with van der Waals surface area (Å²) in [6, 6.07) is 10.7. The van der Waals surface area contributed by atoms with Crippen LogP contribution < -0.4 is 0 Å². The summed E-state index contributed by atoms with van der Waals surface area (Å²) in [4.78, 5) is 2.09. The van der Waals surface area contributed by atoms with Gasteiger partial charge in [0.1, 0.15) is 12.1 Å². The highest BCUT2D eigenvalue weighted by Gasteiger charge is 2.61.